The smallest absolute Gasteiger partial charge is 0.543 e. The van der Waals surface area contributed by atoms with Crippen molar-refractivity contribution in [2.75, 3.05) is 11.9 Å². The Kier molecular flexibility index (Phi) is 15.3. The summed E-state index contributed by atoms with van der Waals surface area (Å²) in [6.07, 6.45) is 1.96. The molecule has 0 fully saturated rings. The number of hydrogen-bond acceptors (Lipinski definition) is 13. The van der Waals surface area contributed by atoms with Crippen LogP contribution in [-0.4, -0.2) is 88.1 Å². The summed E-state index contributed by atoms with van der Waals surface area (Å²) < 4.78 is 8.17. The molecular formula is C27H31N7Na2O9. The zero-order valence-corrected chi connectivity index (χ0v) is 29.1. The summed E-state index contributed by atoms with van der Waals surface area (Å²) in [6, 6.07) is 6.19. The number of rotatable bonds is 14. The normalized spacial score (nSPS) is 18.8. The molecule has 1 amide bonds. The van der Waals surface area contributed by atoms with Crippen LogP contribution in [0.5, 0.6) is 0 Å². The number of benzene rings is 1. The minimum atomic E-state index is -1.62. The number of aromatic carboxylic acids is 1. The topological polar surface area (TPSA) is 241 Å². The Morgan fingerprint density at radius 2 is 1.76 bits per heavy atom. The number of aryl methyl sites for hydroxylation is 1. The first-order chi connectivity index (χ1) is 20.6. The maximum atomic E-state index is 12.7. The number of nitrogens with zero attached hydrogens (tertiary/aromatic N) is 6. The van der Waals surface area contributed by atoms with Crippen molar-refractivity contribution in [3.05, 3.63) is 54.2 Å². The third-order valence-electron chi connectivity index (χ3n) is 7.09. The number of aliphatic hydroxyl groups is 3. The van der Waals surface area contributed by atoms with Gasteiger partial charge in [-0.15, -0.1) is 10.2 Å². The maximum Gasteiger partial charge on any atom is 1.00 e. The number of allylic oxidation sites excluding steroid dienone is 1. The van der Waals surface area contributed by atoms with Gasteiger partial charge in [-0.1, -0.05) is 42.0 Å². The second kappa shape index (κ2) is 17.9. The number of amides is 1. The number of aromatic nitrogens is 6. The van der Waals surface area contributed by atoms with Gasteiger partial charge in [-0.3, -0.25) is 9.48 Å². The molecule has 5 atom stereocenters. The summed E-state index contributed by atoms with van der Waals surface area (Å²) in [5.41, 5.74) is 1.20. The van der Waals surface area contributed by atoms with Crippen LogP contribution >= 0.6 is 0 Å². The molecule has 18 heteroatoms. The fraction of sp³-hybridized carbons (Fsp3) is 0.444. The molecule has 4 rings (SSSR count). The molecule has 0 bridgehead atoms. The molecular weight excluding hydrogens is 612 g/mol. The zero-order valence-electron chi connectivity index (χ0n) is 25.1. The summed E-state index contributed by atoms with van der Waals surface area (Å²) in [5, 5.41) is 70.4. The van der Waals surface area contributed by atoms with E-state index in [1.165, 1.54) is 21.6 Å². The molecule has 3 aromatic rings. The van der Waals surface area contributed by atoms with E-state index in [1.54, 1.807) is 37.4 Å². The van der Waals surface area contributed by atoms with Gasteiger partial charge in [-0.05, 0) is 25.0 Å². The molecule has 45 heavy (non-hydrogen) atoms. The Morgan fingerprint density at radius 3 is 2.42 bits per heavy atom. The van der Waals surface area contributed by atoms with Crippen molar-refractivity contribution < 1.29 is 104 Å². The number of carbonyl (C=O) groups is 3. The molecule has 0 saturated heterocycles. The molecule has 1 aliphatic rings. The third-order valence-corrected chi connectivity index (χ3v) is 7.09. The van der Waals surface area contributed by atoms with Crippen molar-refractivity contribution in [3.63, 3.8) is 0 Å². The van der Waals surface area contributed by atoms with E-state index in [0.717, 1.165) is 0 Å². The average molecular weight is 644 g/mol. The fourth-order valence-electron chi connectivity index (χ4n) is 4.75. The van der Waals surface area contributed by atoms with Crippen LogP contribution in [0.1, 0.15) is 49.1 Å². The van der Waals surface area contributed by atoms with Gasteiger partial charge in [0, 0.05) is 24.4 Å². The predicted octanol–water partition coefficient (Wildman–Crippen LogP) is -7.97. The van der Waals surface area contributed by atoms with E-state index in [0.29, 0.717) is 42.8 Å². The van der Waals surface area contributed by atoms with E-state index in [1.807, 2.05) is 0 Å². The maximum absolute atomic E-state index is 12.7. The van der Waals surface area contributed by atoms with Gasteiger partial charge in [-0.2, -0.15) is 0 Å². The number of carboxylic acids is 2. The summed E-state index contributed by atoms with van der Waals surface area (Å²) >= 11 is 0. The number of carbonyl (C=O) groups excluding carboxylic acids is 3. The molecule has 1 aliphatic heterocycles. The van der Waals surface area contributed by atoms with Crippen LogP contribution in [0.4, 0.5) is 5.69 Å². The van der Waals surface area contributed by atoms with Gasteiger partial charge in [0.1, 0.15) is 41.4 Å². The first-order valence-corrected chi connectivity index (χ1v) is 13.6. The number of unbranched alkanes of at least 4 members (excludes halogenated alkanes) is 2. The molecule has 0 aliphatic carbocycles. The number of carboxylic acid groups (broad SMARTS) is 2. The molecule has 0 unspecified atom stereocenters. The van der Waals surface area contributed by atoms with Crippen molar-refractivity contribution in [3.8, 4) is 11.3 Å². The van der Waals surface area contributed by atoms with E-state index in [2.05, 4.69) is 25.9 Å². The van der Waals surface area contributed by atoms with Crippen LogP contribution in [0.15, 0.2) is 48.5 Å². The van der Waals surface area contributed by atoms with E-state index in [-0.39, 0.29) is 77.1 Å². The first-order valence-electron chi connectivity index (χ1n) is 13.6. The Hall–Kier alpha value is -2.67. The Morgan fingerprint density at radius 1 is 1.02 bits per heavy atom. The molecule has 230 valence electrons. The van der Waals surface area contributed by atoms with Crippen molar-refractivity contribution in [1.29, 1.82) is 0 Å². The summed E-state index contributed by atoms with van der Waals surface area (Å²) in [5.74, 6) is -4.40. The molecule has 2 aromatic heterocycles. The van der Waals surface area contributed by atoms with E-state index in [9.17, 15) is 39.9 Å². The summed E-state index contributed by atoms with van der Waals surface area (Å²) in [6.45, 7) is 1.36. The second-order valence-electron chi connectivity index (χ2n) is 10.1. The Bertz CT molecular complexity index is 1480. The van der Waals surface area contributed by atoms with E-state index < -0.39 is 54.6 Å². The van der Waals surface area contributed by atoms with Gasteiger partial charge in [0.25, 0.3) is 0 Å². The molecule has 4 N–H and O–H groups in total. The molecule has 1 aromatic carbocycles. The Balaban J connectivity index is 0.00000353. The zero-order chi connectivity index (χ0) is 31.1. The number of aliphatic carboxylic acids is 1. The van der Waals surface area contributed by atoms with Crippen LogP contribution in [0, 0.1) is 5.92 Å². The van der Waals surface area contributed by atoms with Crippen molar-refractivity contribution >= 4 is 23.5 Å². The molecule has 0 saturated carbocycles. The van der Waals surface area contributed by atoms with E-state index >= 15 is 0 Å². The summed E-state index contributed by atoms with van der Waals surface area (Å²) in [4.78, 5) is 35.1. The van der Waals surface area contributed by atoms with Crippen LogP contribution in [0.2, 0.25) is 0 Å². The minimum absolute atomic E-state index is 0. The number of nitrogens with one attached hydrogen (secondary N) is 1. The third kappa shape index (κ3) is 9.91. The number of anilines is 1. The molecule has 0 radical (unpaired) electrons. The van der Waals surface area contributed by atoms with Crippen molar-refractivity contribution in [1.82, 2.24) is 30.0 Å². The number of hydrogen-bond donors (Lipinski definition) is 4. The van der Waals surface area contributed by atoms with Gasteiger partial charge < -0.3 is 45.2 Å². The predicted molar refractivity (Wildman–Crippen MR) is 142 cm³/mol. The molecule has 16 nitrogen and oxygen atoms in total. The van der Waals surface area contributed by atoms with Gasteiger partial charge in [0.15, 0.2) is 0 Å². The minimum Gasteiger partial charge on any atom is -0.543 e. The SMILES string of the molecule is C[C@H]1[C@H]([C@H](O)[C@H](O)CO)OC(C(=O)[O-])=C[C@@H]1n1cc(-c2ccccc2NC(=O)CCCCCn2cc(C(=O)[O-])nn2)nn1.[Na+].[Na+]. The number of ether oxygens (including phenoxy) is 1. The summed E-state index contributed by atoms with van der Waals surface area (Å²) in [7, 11) is 0. The monoisotopic (exact) mass is 643 g/mol. The standard InChI is InChI=1S/C27H33N7O9.2Na/c1-15-20(11-22(27(41)42)43-25(15)24(38)21(36)14-35)34-13-18(29-32-34)16-7-4-5-8-17(16)28-23(37)9-3-2-6-10-33-12-19(26(39)40)30-31-33;;/h4-5,7-8,11-13,15,20-21,24-25,35-36,38H,2-3,6,9-10,14H2,1H3,(H,28,37)(H,39,40)(H,41,42);;/q;2*+1/p-2/t15-,20+,21-,24-,25-;;/m1../s1. The van der Waals surface area contributed by atoms with Crippen LogP contribution < -0.4 is 74.6 Å². The average Bonchev–Trinajstić information content (AvgIpc) is 3.67. The fourth-order valence-corrected chi connectivity index (χ4v) is 4.75. The quantitative estimate of drug-likeness (QED) is 0.0944. The largest absolute Gasteiger partial charge is 1.00 e. The number of aliphatic hydroxyl groups excluding tert-OH is 3. The van der Waals surface area contributed by atoms with Gasteiger partial charge in [-0.25, -0.2) is 4.68 Å². The van der Waals surface area contributed by atoms with Crippen LogP contribution in [-0.2, 0) is 20.9 Å². The molecule has 3 heterocycles. The van der Waals surface area contributed by atoms with Gasteiger partial charge in [0.05, 0.1) is 36.7 Å². The second-order valence-corrected chi connectivity index (χ2v) is 10.1. The van der Waals surface area contributed by atoms with E-state index in [4.69, 9.17) is 4.74 Å². The Labute approximate surface area is 302 Å². The van der Waals surface area contributed by atoms with Gasteiger partial charge in [0.2, 0.25) is 5.91 Å². The molecule has 0 spiro atoms. The van der Waals surface area contributed by atoms with Crippen LogP contribution in [0.3, 0.4) is 0 Å². The van der Waals surface area contributed by atoms with Gasteiger partial charge >= 0.3 is 59.1 Å². The van der Waals surface area contributed by atoms with Crippen molar-refractivity contribution in [2.45, 2.75) is 63.5 Å². The first kappa shape index (κ1) is 38.5. The van der Waals surface area contributed by atoms with Crippen LogP contribution in [0.25, 0.3) is 11.3 Å². The number of para-hydroxylation sites is 1. The van der Waals surface area contributed by atoms with Crippen molar-refractivity contribution in [2.24, 2.45) is 5.92 Å².